The number of ether oxygens (including phenoxy) is 2. The first-order valence-electron chi connectivity index (χ1n) is 5.64. The molecule has 1 aromatic heterocycles. The molecule has 0 bridgehead atoms. The highest BCUT2D eigenvalue weighted by Crippen LogP contribution is 2.13. The number of carbonyl (C=O) groups excluding carboxylic acids is 1. The Morgan fingerprint density at radius 2 is 2.35 bits per heavy atom. The molecule has 1 aromatic rings. The van der Waals surface area contributed by atoms with E-state index in [1.807, 2.05) is 6.92 Å². The molecule has 0 radical (unpaired) electrons. The van der Waals surface area contributed by atoms with Crippen LogP contribution in [-0.4, -0.2) is 37.8 Å². The second-order valence-corrected chi connectivity index (χ2v) is 3.39. The van der Waals surface area contributed by atoms with Gasteiger partial charge < -0.3 is 14.8 Å². The van der Waals surface area contributed by atoms with E-state index in [9.17, 15) is 4.79 Å². The number of nitrogens with one attached hydrogen (secondary N) is 1. The molecule has 94 valence electrons. The van der Waals surface area contributed by atoms with Crippen molar-refractivity contribution in [3.63, 3.8) is 0 Å². The first-order chi connectivity index (χ1) is 8.29. The summed E-state index contributed by atoms with van der Waals surface area (Å²) in [6.07, 6.45) is 2.39. The van der Waals surface area contributed by atoms with E-state index < -0.39 is 0 Å². The second-order valence-electron chi connectivity index (χ2n) is 3.39. The maximum absolute atomic E-state index is 11.8. The molecule has 0 fully saturated rings. The van der Waals surface area contributed by atoms with Crippen molar-refractivity contribution in [1.82, 2.24) is 10.3 Å². The van der Waals surface area contributed by atoms with Crippen LogP contribution in [-0.2, 0) is 4.74 Å². The van der Waals surface area contributed by atoms with E-state index >= 15 is 0 Å². The summed E-state index contributed by atoms with van der Waals surface area (Å²) in [5.74, 6) is 0.205. The van der Waals surface area contributed by atoms with Crippen LogP contribution in [0.1, 0.15) is 23.7 Å². The lowest BCUT2D eigenvalue weighted by atomic mass is 10.2. The fraction of sp³-hybridized carbons (Fsp3) is 0.500. The van der Waals surface area contributed by atoms with Crippen molar-refractivity contribution in [2.24, 2.45) is 0 Å². The van der Waals surface area contributed by atoms with E-state index in [4.69, 9.17) is 9.47 Å². The average molecular weight is 238 g/mol. The largest absolute Gasteiger partial charge is 0.477 e. The number of carbonyl (C=O) groups is 1. The zero-order chi connectivity index (χ0) is 12.5. The first-order valence-corrected chi connectivity index (χ1v) is 5.64. The van der Waals surface area contributed by atoms with Gasteiger partial charge in [-0.25, -0.2) is 4.98 Å². The molecule has 0 saturated carbocycles. The summed E-state index contributed by atoms with van der Waals surface area (Å²) in [5, 5.41) is 2.79. The molecule has 0 aromatic carbocycles. The predicted molar refractivity (Wildman–Crippen MR) is 64.2 cm³/mol. The Balaban J connectivity index is 2.55. The van der Waals surface area contributed by atoms with Gasteiger partial charge in [0.1, 0.15) is 5.56 Å². The van der Waals surface area contributed by atoms with Crippen LogP contribution in [0.25, 0.3) is 0 Å². The van der Waals surface area contributed by atoms with Gasteiger partial charge in [0, 0.05) is 26.5 Å². The zero-order valence-electron chi connectivity index (χ0n) is 10.2. The molecule has 0 saturated heterocycles. The molecule has 0 aliphatic rings. The SMILES string of the molecule is CCOc1ncccc1C(=O)NCCCOC. The fourth-order valence-electron chi connectivity index (χ4n) is 1.33. The van der Waals surface area contributed by atoms with Crippen molar-refractivity contribution in [3.8, 4) is 5.88 Å². The minimum atomic E-state index is -0.169. The smallest absolute Gasteiger partial charge is 0.256 e. The van der Waals surface area contributed by atoms with Crippen LogP contribution >= 0.6 is 0 Å². The number of nitrogens with zero attached hydrogens (tertiary/aromatic N) is 1. The lowest BCUT2D eigenvalue weighted by Gasteiger charge is -2.08. The Kier molecular flexibility index (Phi) is 6.03. The number of amides is 1. The molecule has 0 aliphatic carbocycles. The summed E-state index contributed by atoms with van der Waals surface area (Å²) in [4.78, 5) is 15.9. The van der Waals surface area contributed by atoms with E-state index in [-0.39, 0.29) is 5.91 Å². The predicted octanol–water partition coefficient (Wildman–Crippen LogP) is 1.25. The van der Waals surface area contributed by atoms with Crippen LogP contribution in [0.15, 0.2) is 18.3 Å². The van der Waals surface area contributed by atoms with Crippen LogP contribution in [0.4, 0.5) is 0 Å². The van der Waals surface area contributed by atoms with E-state index in [0.717, 1.165) is 6.42 Å². The maximum Gasteiger partial charge on any atom is 0.256 e. The zero-order valence-corrected chi connectivity index (χ0v) is 10.2. The molecular weight excluding hydrogens is 220 g/mol. The lowest BCUT2D eigenvalue weighted by Crippen LogP contribution is -2.26. The third kappa shape index (κ3) is 4.40. The lowest BCUT2D eigenvalue weighted by molar-refractivity contribution is 0.0944. The van der Waals surface area contributed by atoms with Gasteiger partial charge >= 0.3 is 0 Å². The molecule has 0 aliphatic heterocycles. The Morgan fingerprint density at radius 3 is 3.06 bits per heavy atom. The van der Waals surface area contributed by atoms with Gasteiger partial charge in [-0.1, -0.05) is 0 Å². The van der Waals surface area contributed by atoms with Gasteiger partial charge in [-0.3, -0.25) is 4.79 Å². The minimum Gasteiger partial charge on any atom is -0.477 e. The standard InChI is InChI=1S/C12H18N2O3/c1-3-17-12-10(6-4-7-14-12)11(15)13-8-5-9-16-2/h4,6-7H,3,5,8-9H2,1-2H3,(H,13,15). The third-order valence-electron chi connectivity index (χ3n) is 2.11. The number of methoxy groups -OCH3 is 1. The van der Waals surface area contributed by atoms with Crippen molar-refractivity contribution < 1.29 is 14.3 Å². The third-order valence-corrected chi connectivity index (χ3v) is 2.11. The summed E-state index contributed by atoms with van der Waals surface area (Å²) in [5.41, 5.74) is 0.465. The summed E-state index contributed by atoms with van der Waals surface area (Å²) in [6.45, 7) is 3.55. The Hall–Kier alpha value is -1.62. The number of aromatic nitrogens is 1. The Bertz CT molecular complexity index is 355. The topological polar surface area (TPSA) is 60.5 Å². The van der Waals surface area contributed by atoms with Crippen molar-refractivity contribution in [1.29, 1.82) is 0 Å². The summed E-state index contributed by atoms with van der Waals surface area (Å²) in [7, 11) is 1.64. The number of hydrogen-bond donors (Lipinski definition) is 1. The highest BCUT2D eigenvalue weighted by molar-refractivity contribution is 5.96. The second kappa shape index (κ2) is 7.62. The highest BCUT2D eigenvalue weighted by atomic mass is 16.5. The molecule has 1 heterocycles. The van der Waals surface area contributed by atoms with Crippen molar-refractivity contribution in [3.05, 3.63) is 23.9 Å². The van der Waals surface area contributed by atoms with Gasteiger partial charge in [0.25, 0.3) is 5.91 Å². The molecule has 1 rings (SSSR count). The number of hydrogen-bond acceptors (Lipinski definition) is 4. The number of rotatable bonds is 7. The molecule has 0 atom stereocenters. The van der Waals surface area contributed by atoms with Crippen LogP contribution < -0.4 is 10.1 Å². The Morgan fingerprint density at radius 1 is 1.53 bits per heavy atom. The van der Waals surface area contributed by atoms with Crippen molar-refractivity contribution in [2.75, 3.05) is 26.9 Å². The normalized spacial score (nSPS) is 10.0. The number of pyridine rings is 1. The maximum atomic E-state index is 11.8. The molecule has 5 heteroatoms. The fourth-order valence-corrected chi connectivity index (χ4v) is 1.33. The summed E-state index contributed by atoms with van der Waals surface area (Å²) < 4.78 is 10.2. The van der Waals surface area contributed by atoms with Crippen molar-refractivity contribution in [2.45, 2.75) is 13.3 Å². The molecule has 1 amide bonds. The van der Waals surface area contributed by atoms with Gasteiger partial charge in [0.2, 0.25) is 5.88 Å². The molecule has 5 nitrogen and oxygen atoms in total. The van der Waals surface area contributed by atoms with Gasteiger partial charge in [-0.05, 0) is 25.5 Å². The van der Waals surface area contributed by atoms with E-state index in [1.54, 1.807) is 25.4 Å². The summed E-state index contributed by atoms with van der Waals surface area (Å²) in [6, 6.07) is 3.41. The van der Waals surface area contributed by atoms with E-state index in [0.29, 0.717) is 31.2 Å². The van der Waals surface area contributed by atoms with E-state index in [1.165, 1.54) is 0 Å². The molecule has 1 N–H and O–H groups in total. The Labute approximate surface area is 101 Å². The van der Waals surface area contributed by atoms with Crippen LogP contribution in [0.5, 0.6) is 5.88 Å². The highest BCUT2D eigenvalue weighted by Gasteiger charge is 2.12. The molecular formula is C12H18N2O3. The van der Waals surface area contributed by atoms with Gasteiger partial charge in [-0.2, -0.15) is 0 Å². The van der Waals surface area contributed by atoms with Gasteiger partial charge in [0.05, 0.1) is 6.61 Å². The van der Waals surface area contributed by atoms with Crippen molar-refractivity contribution >= 4 is 5.91 Å². The van der Waals surface area contributed by atoms with Crippen LogP contribution in [0.3, 0.4) is 0 Å². The monoisotopic (exact) mass is 238 g/mol. The van der Waals surface area contributed by atoms with Gasteiger partial charge in [-0.15, -0.1) is 0 Å². The molecule has 17 heavy (non-hydrogen) atoms. The van der Waals surface area contributed by atoms with E-state index in [2.05, 4.69) is 10.3 Å². The first kappa shape index (κ1) is 13.4. The average Bonchev–Trinajstić information content (AvgIpc) is 2.35. The van der Waals surface area contributed by atoms with Gasteiger partial charge in [0.15, 0.2) is 0 Å². The quantitative estimate of drug-likeness (QED) is 0.726. The minimum absolute atomic E-state index is 0.169. The molecule has 0 unspecified atom stereocenters. The summed E-state index contributed by atoms with van der Waals surface area (Å²) >= 11 is 0. The van der Waals surface area contributed by atoms with Crippen LogP contribution in [0, 0.1) is 0 Å². The van der Waals surface area contributed by atoms with Crippen LogP contribution in [0.2, 0.25) is 0 Å². The molecule has 0 spiro atoms.